The summed E-state index contributed by atoms with van der Waals surface area (Å²) in [6.45, 7) is 5.76. The molecule has 2 aromatic carbocycles. The zero-order valence-electron chi connectivity index (χ0n) is 16.4. The zero-order chi connectivity index (χ0) is 19.9. The van der Waals surface area contributed by atoms with Crippen LogP contribution in [0.5, 0.6) is 5.75 Å². The van der Waals surface area contributed by atoms with Crippen LogP contribution in [0.25, 0.3) is 11.0 Å². The van der Waals surface area contributed by atoms with Gasteiger partial charge in [-0.15, -0.1) is 0 Å². The fraction of sp³-hybridized carbons (Fsp3) is 0.364. The lowest BCUT2D eigenvalue weighted by molar-refractivity contribution is -0.121. The predicted octanol–water partition coefficient (Wildman–Crippen LogP) is 4.88. The number of imidazole rings is 1. The molecule has 3 aromatic rings. The highest BCUT2D eigenvalue weighted by atomic mass is 35.5. The number of ether oxygens (including phenoxy) is 1. The maximum atomic E-state index is 11.8. The second-order valence-corrected chi connectivity index (χ2v) is 7.22. The average Bonchev–Trinajstić information content (AvgIpc) is 3.04. The summed E-state index contributed by atoms with van der Waals surface area (Å²) in [6, 6.07) is 13.7. The lowest BCUT2D eigenvalue weighted by Gasteiger charge is -2.11. The molecule has 3 rings (SSSR count). The van der Waals surface area contributed by atoms with E-state index in [0.717, 1.165) is 52.6 Å². The van der Waals surface area contributed by atoms with E-state index < -0.39 is 0 Å². The molecule has 0 radical (unpaired) electrons. The predicted molar refractivity (Wildman–Crippen MR) is 113 cm³/mol. The van der Waals surface area contributed by atoms with Crippen molar-refractivity contribution in [3.05, 3.63) is 58.9 Å². The van der Waals surface area contributed by atoms with Crippen molar-refractivity contribution in [3.8, 4) is 5.75 Å². The quantitative estimate of drug-likeness (QED) is 0.521. The number of aryl methyl sites for hydroxylation is 2. The fourth-order valence-electron chi connectivity index (χ4n) is 3.12. The van der Waals surface area contributed by atoms with Gasteiger partial charge in [-0.2, -0.15) is 0 Å². The van der Waals surface area contributed by atoms with Gasteiger partial charge in [0.25, 0.3) is 0 Å². The lowest BCUT2D eigenvalue weighted by Crippen LogP contribution is -2.24. The first-order valence-electron chi connectivity index (χ1n) is 9.68. The summed E-state index contributed by atoms with van der Waals surface area (Å²) < 4.78 is 8.02. The molecule has 5 nitrogen and oxygen atoms in total. The number of fused-ring (bicyclic) bond motifs is 1. The number of amides is 1. The highest BCUT2D eigenvalue weighted by molar-refractivity contribution is 6.31. The Hall–Kier alpha value is -2.53. The lowest BCUT2D eigenvalue weighted by atomic mass is 10.2. The van der Waals surface area contributed by atoms with Gasteiger partial charge in [0, 0.05) is 18.0 Å². The van der Waals surface area contributed by atoms with Gasteiger partial charge in [0.1, 0.15) is 11.6 Å². The van der Waals surface area contributed by atoms with Crippen molar-refractivity contribution in [3.63, 3.8) is 0 Å². The fourth-order valence-corrected chi connectivity index (χ4v) is 3.24. The van der Waals surface area contributed by atoms with E-state index in [4.69, 9.17) is 21.3 Å². The minimum atomic E-state index is 0.0579. The smallest absolute Gasteiger partial charge is 0.220 e. The number of benzene rings is 2. The summed E-state index contributed by atoms with van der Waals surface area (Å²) >= 11 is 6.06. The van der Waals surface area contributed by atoms with E-state index in [2.05, 4.69) is 16.0 Å². The number of rotatable bonds is 9. The average molecular weight is 400 g/mol. The first-order chi connectivity index (χ1) is 13.6. The van der Waals surface area contributed by atoms with Crippen molar-refractivity contribution in [2.24, 2.45) is 0 Å². The van der Waals surface area contributed by atoms with E-state index in [0.29, 0.717) is 19.6 Å². The number of halogens is 1. The van der Waals surface area contributed by atoms with Crippen molar-refractivity contribution in [1.82, 2.24) is 14.9 Å². The van der Waals surface area contributed by atoms with E-state index in [1.165, 1.54) is 0 Å². The normalized spacial score (nSPS) is 11.0. The third kappa shape index (κ3) is 5.04. The Balaban J connectivity index is 1.64. The second kappa shape index (κ2) is 9.60. The Kier molecular flexibility index (Phi) is 6.93. The summed E-state index contributed by atoms with van der Waals surface area (Å²) in [4.78, 5) is 16.5. The van der Waals surface area contributed by atoms with Gasteiger partial charge in [0.05, 0.1) is 24.2 Å². The molecular weight excluding hydrogens is 374 g/mol. The van der Waals surface area contributed by atoms with E-state index in [1.807, 2.05) is 50.2 Å². The summed E-state index contributed by atoms with van der Waals surface area (Å²) in [7, 11) is 0. The molecule has 0 saturated heterocycles. The molecule has 28 heavy (non-hydrogen) atoms. The molecule has 0 aliphatic rings. The van der Waals surface area contributed by atoms with Crippen molar-refractivity contribution < 1.29 is 9.53 Å². The maximum Gasteiger partial charge on any atom is 0.220 e. The minimum Gasteiger partial charge on any atom is -0.494 e. The van der Waals surface area contributed by atoms with Crippen LogP contribution in [-0.4, -0.2) is 22.1 Å². The molecule has 6 heteroatoms. The summed E-state index contributed by atoms with van der Waals surface area (Å²) in [5.41, 5.74) is 3.02. The minimum absolute atomic E-state index is 0.0579. The molecule has 0 atom stereocenters. The number of carbonyl (C=O) groups excluding carboxylic acids is 1. The number of para-hydroxylation sites is 2. The molecule has 0 fully saturated rings. The molecule has 1 amide bonds. The van der Waals surface area contributed by atoms with E-state index >= 15 is 0 Å². The van der Waals surface area contributed by atoms with Crippen molar-refractivity contribution >= 4 is 28.5 Å². The van der Waals surface area contributed by atoms with Gasteiger partial charge in [-0.3, -0.25) is 4.79 Å². The van der Waals surface area contributed by atoms with Crippen LogP contribution in [0.3, 0.4) is 0 Å². The van der Waals surface area contributed by atoms with Gasteiger partial charge in [-0.1, -0.05) is 30.7 Å². The Morgan fingerprint density at radius 2 is 2.07 bits per heavy atom. The Morgan fingerprint density at radius 1 is 1.25 bits per heavy atom. The van der Waals surface area contributed by atoms with E-state index in [-0.39, 0.29) is 5.91 Å². The molecule has 148 valence electrons. The summed E-state index contributed by atoms with van der Waals surface area (Å²) in [5, 5.41) is 3.71. The monoisotopic (exact) mass is 399 g/mol. The molecule has 1 aromatic heterocycles. The van der Waals surface area contributed by atoms with Crippen molar-refractivity contribution in [2.75, 3.05) is 6.61 Å². The second-order valence-electron chi connectivity index (χ2n) is 6.81. The standard InChI is InChI=1S/C22H26ClN3O2/c1-3-7-22(27)24-15-21-25-19-8-4-5-9-20(19)26(21)12-6-13-28-17-10-11-18(23)16(2)14-17/h4-5,8-11,14H,3,6-7,12-13,15H2,1-2H3,(H,24,27). The number of nitrogens with one attached hydrogen (secondary N) is 1. The van der Waals surface area contributed by atoms with Gasteiger partial charge < -0.3 is 14.6 Å². The number of nitrogens with zero attached hydrogens (tertiary/aromatic N) is 2. The third-order valence-corrected chi connectivity index (χ3v) is 5.00. The van der Waals surface area contributed by atoms with E-state index in [9.17, 15) is 4.79 Å². The van der Waals surface area contributed by atoms with Crippen LogP contribution in [0.1, 0.15) is 37.6 Å². The van der Waals surface area contributed by atoms with Crippen LogP contribution < -0.4 is 10.1 Å². The number of carbonyl (C=O) groups is 1. The third-order valence-electron chi connectivity index (χ3n) is 4.58. The zero-order valence-corrected chi connectivity index (χ0v) is 17.1. The molecule has 1 N–H and O–H groups in total. The van der Waals surface area contributed by atoms with Crippen molar-refractivity contribution in [1.29, 1.82) is 0 Å². The Morgan fingerprint density at radius 3 is 2.86 bits per heavy atom. The van der Waals surface area contributed by atoms with Gasteiger partial charge in [-0.05, 0) is 55.7 Å². The van der Waals surface area contributed by atoms with Crippen LogP contribution in [0.15, 0.2) is 42.5 Å². The first kappa shape index (κ1) is 20.2. The number of aromatic nitrogens is 2. The van der Waals surface area contributed by atoms with E-state index in [1.54, 1.807) is 0 Å². The topological polar surface area (TPSA) is 56.2 Å². The SMILES string of the molecule is CCCC(=O)NCc1nc2ccccc2n1CCCOc1ccc(Cl)c(C)c1. The highest BCUT2D eigenvalue weighted by Crippen LogP contribution is 2.21. The van der Waals surface area contributed by atoms with Gasteiger partial charge >= 0.3 is 0 Å². The van der Waals surface area contributed by atoms with Crippen LogP contribution in [0, 0.1) is 6.92 Å². The highest BCUT2D eigenvalue weighted by Gasteiger charge is 2.11. The first-order valence-corrected chi connectivity index (χ1v) is 10.1. The molecule has 0 aliphatic heterocycles. The molecule has 0 bridgehead atoms. The van der Waals surface area contributed by atoms with Gasteiger partial charge in [-0.25, -0.2) is 4.98 Å². The van der Waals surface area contributed by atoms with Crippen LogP contribution in [0.4, 0.5) is 0 Å². The van der Waals surface area contributed by atoms with Crippen molar-refractivity contribution in [2.45, 2.75) is 46.2 Å². The molecular formula is C22H26ClN3O2. The molecule has 1 heterocycles. The number of hydrogen-bond acceptors (Lipinski definition) is 3. The van der Waals surface area contributed by atoms with Gasteiger partial charge in [0.15, 0.2) is 0 Å². The number of hydrogen-bond donors (Lipinski definition) is 1. The Bertz CT molecular complexity index is 952. The molecule has 0 spiro atoms. The largest absolute Gasteiger partial charge is 0.494 e. The maximum absolute atomic E-state index is 11.8. The molecule has 0 aliphatic carbocycles. The molecule has 0 saturated carbocycles. The Labute approximate surface area is 170 Å². The summed E-state index contributed by atoms with van der Waals surface area (Å²) in [6.07, 6.45) is 2.20. The van der Waals surface area contributed by atoms with Crippen LogP contribution in [0.2, 0.25) is 5.02 Å². The van der Waals surface area contributed by atoms with Crippen LogP contribution in [-0.2, 0) is 17.9 Å². The molecule has 0 unspecified atom stereocenters. The van der Waals surface area contributed by atoms with Crippen LogP contribution >= 0.6 is 11.6 Å². The summed E-state index contributed by atoms with van der Waals surface area (Å²) in [5.74, 6) is 1.75. The van der Waals surface area contributed by atoms with Gasteiger partial charge in [0.2, 0.25) is 5.91 Å².